The predicted octanol–water partition coefficient (Wildman–Crippen LogP) is 1.96. The minimum atomic E-state index is -0.405. The standard InChI is InChI=1S/C12H13N3O2/c1-3-17-12(16)10-5-4-9(7-13-10)11-6-8(2)14-15-11/h4-7H,3H2,1-2H3,(H,14,15). The average molecular weight is 231 g/mol. The highest BCUT2D eigenvalue weighted by Gasteiger charge is 2.08. The van der Waals surface area contributed by atoms with E-state index >= 15 is 0 Å². The molecule has 0 spiro atoms. The summed E-state index contributed by atoms with van der Waals surface area (Å²) in [6, 6.07) is 5.35. The lowest BCUT2D eigenvalue weighted by Crippen LogP contribution is -2.06. The Kier molecular flexibility index (Phi) is 3.18. The Bertz CT molecular complexity index is 517. The molecule has 2 aromatic rings. The first kappa shape index (κ1) is 11.3. The van der Waals surface area contributed by atoms with Gasteiger partial charge in [0.05, 0.1) is 12.3 Å². The van der Waals surface area contributed by atoms with E-state index in [1.54, 1.807) is 25.3 Å². The Balaban J connectivity index is 2.21. The summed E-state index contributed by atoms with van der Waals surface area (Å²) in [5.74, 6) is -0.405. The lowest BCUT2D eigenvalue weighted by molar-refractivity contribution is 0.0519. The maximum absolute atomic E-state index is 11.4. The molecule has 0 radical (unpaired) electrons. The van der Waals surface area contributed by atoms with Gasteiger partial charge in [0.25, 0.3) is 0 Å². The molecule has 2 rings (SSSR count). The number of carbonyl (C=O) groups excluding carboxylic acids is 1. The highest BCUT2D eigenvalue weighted by Crippen LogP contribution is 2.16. The Morgan fingerprint density at radius 2 is 2.29 bits per heavy atom. The molecule has 0 saturated carbocycles. The first-order valence-electron chi connectivity index (χ1n) is 5.36. The van der Waals surface area contributed by atoms with E-state index in [0.717, 1.165) is 17.0 Å². The van der Waals surface area contributed by atoms with Gasteiger partial charge in [-0.25, -0.2) is 9.78 Å². The van der Waals surface area contributed by atoms with Crippen LogP contribution in [0.2, 0.25) is 0 Å². The van der Waals surface area contributed by atoms with Crippen molar-refractivity contribution in [2.75, 3.05) is 6.61 Å². The second-order valence-electron chi connectivity index (χ2n) is 3.59. The minimum absolute atomic E-state index is 0.308. The van der Waals surface area contributed by atoms with Crippen molar-refractivity contribution in [3.63, 3.8) is 0 Å². The van der Waals surface area contributed by atoms with Crippen molar-refractivity contribution in [2.45, 2.75) is 13.8 Å². The van der Waals surface area contributed by atoms with Gasteiger partial charge in [0.2, 0.25) is 0 Å². The zero-order valence-electron chi connectivity index (χ0n) is 9.73. The Labute approximate surface area is 98.8 Å². The maximum Gasteiger partial charge on any atom is 0.356 e. The number of nitrogens with one attached hydrogen (secondary N) is 1. The molecular weight excluding hydrogens is 218 g/mol. The number of H-pyrrole nitrogens is 1. The van der Waals surface area contributed by atoms with E-state index in [2.05, 4.69) is 15.2 Å². The molecule has 88 valence electrons. The summed E-state index contributed by atoms with van der Waals surface area (Å²) >= 11 is 0. The van der Waals surface area contributed by atoms with Gasteiger partial charge in [0.15, 0.2) is 0 Å². The first-order valence-corrected chi connectivity index (χ1v) is 5.36. The van der Waals surface area contributed by atoms with Crippen LogP contribution in [0.4, 0.5) is 0 Å². The van der Waals surface area contributed by atoms with E-state index in [9.17, 15) is 4.79 Å². The summed E-state index contributed by atoms with van der Waals surface area (Å²) in [7, 11) is 0. The van der Waals surface area contributed by atoms with Crippen LogP contribution in [-0.4, -0.2) is 27.8 Å². The number of hydrogen-bond donors (Lipinski definition) is 1. The number of ether oxygens (including phenoxy) is 1. The minimum Gasteiger partial charge on any atom is -0.461 e. The monoisotopic (exact) mass is 231 g/mol. The fourth-order valence-corrected chi connectivity index (χ4v) is 1.44. The quantitative estimate of drug-likeness (QED) is 0.820. The molecule has 5 nitrogen and oxygen atoms in total. The normalized spacial score (nSPS) is 10.2. The van der Waals surface area contributed by atoms with E-state index < -0.39 is 5.97 Å². The van der Waals surface area contributed by atoms with Crippen LogP contribution in [0.5, 0.6) is 0 Å². The van der Waals surface area contributed by atoms with Crippen molar-refractivity contribution in [3.8, 4) is 11.3 Å². The maximum atomic E-state index is 11.4. The molecule has 0 fully saturated rings. The van der Waals surface area contributed by atoms with Crippen LogP contribution < -0.4 is 0 Å². The molecule has 0 amide bonds. The van der Waals surface area contributed by atoms with Gasteiger partial charge in [-0.15, -0.1) is 0 Å². The number of carbonyl (C=O) groups is 1. The molecule has 0 bridgehead atoms. The van der Waals surface area contributed by atoms with Crippen LogP contribution in [0, 0.1) is 6.92 Å². The summed E-state index contributed by atoms with van der Waals surface area (Å²) in [6.07, 6.45) is 1.61. The van der Waals surface area contributed by atoms with Gasteiger partial charge in [0.1, 0.15) is 5.69 Å². The van der Waals surface area contributed by atoms with Gasteiger partial charge < -0.3 is 4.74 Å². The van der Waals surface area contributed by atoms with Gasteiger partial charge in [-0.3, -0.25) is 5.10 Å². The van der Waals surface area contributed by atoms with Crippen molar-refractivity contribution >= 4 is 5.97 Å². The van der Waals surface area contributed by atoms with Crippen LogP contribution in [-0.2, 0) is 4.74 Å². The fourth-order valence-electron chi connectivity index (χ4n) is 1.44. The van der Waals surface area contributed by atoms with E-state index in [1.807, 2.05) is 13.0 Å². The number of aromatic nitrogens is 3. The molecule has 0 saturated heterocycles. The second-order valence-corrected chi connectivity index (χ2v) is 3.59. The third-order valence-electron chi connectivity index (χ3n) is 2.25. The van der Waals surface area contributed by atoms with Crippen LogP contribution in [0.25, 0.3) is 11.3 Å². The molecule has 0 atom stereocenters. The summed E-state index contributed by atoms with van der Waals surface area (Å²) in [4.78, 5) is 15.4. The number of hydrogen-bond acceptors (Lipinski definition) is 4. The third-order valence-corrected chi connectivity index (χ3v) is 2.25. The second kappa shape index (κ2) is 4.78. The zero-order chi connectivity index (χ0) is 12.3. The average Bonchev–Trinajstić information content (AvgIpc) is 2.76. The summed E-state index contributed by atoms with van der Waals surface area (Å²) in [5, 5.41) is 6.97. The topological polar surface area (TPSA) is 67.9 Å². The smallest absolute Gasteiger partial charge is 0.356 e. The number of esters is 1. The summed E-state index contributed by atoms with van der Waals surface area (Å²) < 4.78 is 4.85. The Morgan fingerprint density at radius 3 is 2.82 bits per heavy atom. The van der Waals surface area contributed by atoms with Crippen LogP contribution in [0.1, 0.15) is 23.1 Å². The van der Waals surface area contributed by atoms with Gasteiger partial charge in [-0.2, -0.15) is 5.10 Å². The van der Waals surface area contributed by atoms with Crippen molar-refractivity contribution in [2.24, 2.45) is 0 Å². The molecule has 1 N–H and O–H groups in total. The van der Waals surface area contributed by atoms with Crippen molar-refractivity contribution in [3.05, 3.63) is 35.8 Å². The highest BCUT2D eigenvalue weighted by molar-refractivity contribution is 5.87. The van der Waals surface area contributed by atoms with E-state index in [0.29, 0.717) is 12.3 Å². The van der Waals surface area contributed by atoms with Gasteiger partial charge in [-0.1, -0.05) is 0 Å². The number of aromatic amines is 1. The van der Waals surface area contributed by atoms with Gasteiger partial charge >= 0.3 is 5.97 Å². The van der Waals surface area contributed by atoms with Crippen LogP contribution in [0.15, 0.2) is 24.4 Å². The molecule has 0 aliphatic rings. The largest absolute Gasteiger partial charge is 0.461 e. The molecule has 17 heavy (non-hydrogen) atoms. The summed E-state index contributed by atoms with van der Waals surface area (Å²) in [5.41, 5.74) is 2.96. The van der Waals surface area contributed by atoms with Crippen LogP contribution >= 0.6 is 0 Å². The molecule has 5 heteroatoms. The Hall–Kier alpha value is -2.17. The lowest BCUT2D eigenvalue weighted by Gasteiger charge is -2.01. The fraction of sp³-hybridized carbons (Fsp3) is 0.250. The van der Waals surface area contributed by atoms with Gasteiger partial charge in [0, 0.05) is 17.5 Å². The number of pyridine rings is 1. The van der Waals surface area contributed by atoms with E-state index in [1.165, 1.54) is 0 Å². The molecule has 0 aliphatic carbocycles. The number of nitrogens with zero attached hydrogens (tertiary/aromatic N) is 2. The van der Waals surface area contributed by atoms with Crippen molar-refractivity contribution in [1.82, 2.24) is 15.2 Å². The third kappa shape index (κ3) is 2.50. The number of rotatable bonds is 3. The molecule has 2 heterocycles. The SMILES string of the molecule is CCOC(=O)c1ccc(-c2cc(C)[nH]n2)cn1. The molecular formula is C12H13N3O2. The van der Waals surface area contributed by atoms with Crippen molar-refractivity contribution in [1.29, 1.82) is 0 Å². The molecule has 0 aliphatic heterocycles. The molecule has 2 aromatic heterocycles. The van der Waals surface area contributed by atoms with E-state index in [-0.39, 0.29) is 0 Å². The summed E-state index contributed by atoms with van der Waals surface area (Å²) in [6.45, 7) is 4.04. The Morgan fingerprint density at radius 1 is 1.47 bits per heavy atom. The van der Waals surface area contributed by atoms with E-state index in [4.69, 9.17) is 4.74 Å². The molecule has 0 aromatic carbocycles. The lowest BCUT2D eigenvalue weighted by atomic mass is 10.2. The predicted molar refractivity (Wildman–Crippen MR) is 62.5 cm³/mol. The molecule has 0 unspecified atom stereocenters. The number of aryl methyl sites for hydroxylation is 1. The highest BCUT2D eigenvalue weighted by atomic mass is 16.5. The van der Waals surface area contributed by atoms with Crippen molar-refractivity contribution < 1.29 is 9.53 Å². The first-order chi connectivity index (χ1) is 8.20. The van der Waals surface area contributed by atoms with Crippen LogP contribution in [0.3, 0.4) is 0 Å². The van der Waals surface area contributed by atoms with Gasteiger partial charge in [-0.05, 0) is 32.0 Å². The zero-order valence-corrected chi connectivity index (χ0v) is 9.73.